The van der Waals surface area contributed by atoms with E-state index in [0.29, 0.717) is 11.3 Å². The van der Waals surface area contributed by atoms with E-state index in [1.165, 1.54) is 12.3 Å². The maximum Gasteiger partial charge on any atom is 0.433 e. The first-order chi connectivity index (χ1) is 14.7. The zero-order chi connectivity index (χ0) is 22.6. The molecule has 3 heterocycles. The molecule has 31 heavy (non-hydrogen) atoms. The Morgan fingerprint density at radius 1 is 1.16 bits per heavy atom. The summed E-state index contributed by atoms with van der Waals surface area (Å²) in [5.41, 5.74) is 6.07. The van der Waals surface area contributed by atoms with Gasteiger partial charge in [0.05, 0.1) is 22.9 Å². The predicted octanol–water partition coefficient (Wildman–Crippen LogP) is 4.10. The van der Waals surface area contributed by atoms with Gasteiger partial charge >= 0.3 is 6.18 Å². The number of carbonyl (C=O) groups excluding carboxylic acids is 1. The van der Waals surface area contributed by atoms with Crippen molar-refractivity contribution in [3.63, 3.8) is 0 Å². The molecular formula is C21H17F4N5O. The molecule has 160 valence electrons. The van der Waals surface area contributed by atoms with Crippen LogP contribution in [0.25, 0.3) is 11.3 Å². The van der Waals surface area contributed by atoms with E-state index in [1.54, 1.807) is 12.1 Å². The van der Waals surface area contributed by atoms with Crippen molar-refractivity contribution in [3.8, 4) is 17.3 Å². The van der Waals surface area contributed by atoms with Gasteiger partial charge < -0.3 is 5.73 Å². The highest BCUT2D eigenvalue weighted by Gasteiger charge is 2.32. The molecule has 2 aromatic heterocycles. The third kappa shape index (κ3) is 5.25. The Morgan fingerprint density at radius 2 is 1.94 bits per heavy atom. The molecule has 3 aromatic rings. The molecule has 1 aromatic carbocycles. The monoisotopic (exact) mass is 431 g/mol. The summed E-state index contributed by atoms with van der Waals surface area (Å²) >= 11 is 0. The Balaban J connectivity index is 0.000000196. The van der Waals surface area contributed by atoms with Gasteiger partial charge in [0.1, 0.15) is 11.5 Å². The number of nitriles is 1. The second-order valence-corrected chi connectivity index (χ2v) is 6.80. The number of rotatable bonds is 2. The summed E-state index contributed by atoms with van der Waals surface area (Å²) in [6.45, 7) is 0.840. The normalized spacial score (nSPS) is 12.9. The highest BCUT2D eigenvalue weighted by atomic mass is 19.4. The zero-order valence-corrected chi connectivity index (χ0v) is 16.2. The van der Waals surface area contributed by atoms with Crippen LogP contribution in [0.3, 0.4) is 0 Å². The Bertz CT molecular complexity index is 1120. The van der Waals surface area contributed by atoms with Crippen molar-refractivity contribution in [3.05, 3.63) is 70.9 Å². The Hall–Kier alpha value is -3.74. The van der Waals surface area contributed by atoms with E-state index < -0.39 is 23.6 Å². The van der Waals surface area contributed by atoms with Gasteiger partial charge in [-0.2, -0.15) is 23.5 Å². The summed E-state index contributed by atoms with van der Waals surface area (Å²) in [7, 11) is 0. The van der Waals surface area contributed by atoms with Crippen LogP contribution < -0.4 is 5.73 Å². The number of nitrogens with zero attached hydrogens (tertiary/aromatic N) is 4. The second kappa shape index (κ2) is 8.95. The van der Waals surface area contributed by atoms with Crippen LogP contribution in [-0.4, -0.2) is 20.7 Å². The van der Waals surface area contributed by atoms with Crippen LogP contribution in [-0.2, 0) is 19.1 Å². The number of amides is 1. The minimum atomic E-state index is -4.42. The quantitative estimate of drug-likeness (QED) is 0.618. The molecule has 0 atom stereocenters. The molecule has 10 heteroatoms. The first-order valence-corrected chi connectivity index (χ1v) is 9.29. The Labute approximate surface area is 174 Å². The molecule has 0 fully saturated rings. The smallest absolute Gasteiger partial charge is 0.366 e. The number of pyridine rings is 1. The Morgan fingerprint density at radius 3 is 2.58 bits per heavy atom. The van der Waals surface area contributed by atoms with Crippen LogP contribution in [0.4, 0.5) is 17.6 Å². The first kappa shape index (κ1) is 22.0. The number of fused-ring (bicyclic) bond motifs is 1. The summed E-state index contributed by atoms with van der Waals surface area (Å²) in [6.07, 6.45) is -0.135. The Kier molecular flexibility index (Phi) is 6.34. The van der Waals surface area contributed by atoms with Crippen LogP contribution in [0.1, 0.15) is 40.2 Å². The van der Waals surface area contributed by atoms with E-state index in [4.69, 9.17) is 11.0 Å². The average molecular weight is 431 g/mol. The standard InChI is InChI=1S/C13H12F3N3.C8H5FN2O/c14-13(15,16)12-7-9(4-5-17-12)11-8-10-3-1-2-6-19(10)18-11;9-7-2-1-5(4-10)3-6(7)8(11)12/h4-5,7-8H,1-3,6H2;1-3H,(H2,11,12). The molecule has 0 bridgehead atoms. The molecule has 0 spiro atoms. The molecule has 0 aliphatic carbocycles. The SMILES string of the molecule is FC(F)(F)c1cc(-c2cc3n(n2)CCCC3)ccn1.N#Cc1ccc(F)c(C(N)=O)c1. The average Bonchev–Trinajstić information content (AvgIpc) is 3.18. The maximum atomic E-state index is 12.7. The number of aromatic nitrogens is 3. The largest absolute Gasteiger partial charge is 0.433 e. The molecule has 1 amide bonds. The third-order valence-electron chi connectivity index (χ3n) is 4.62. The lowest BCUT2D eigenvalue weighted by molar-refractivity contribution is -0.141. The van der Waals surface area contributed by atoms with Crippen molar-refractivity contribution < 1.29 is 22.4 Å². The van der Waals surface area contributed by atoms with Crippen molar-refractivity contribution >= 4 is 5.91 Å². The summed E-state index contributed by atoms with van der Waals surface area (Å²) < 4.78 is 52.5. The number of carbonyl (C=O) groups is 1. The van der Waals surface area contributed by atoms with Crippen molar-refractivity contribution in [2.24, 2.45) is 5.73 Å². The first-order valence-electron chi connectivity index (χ1n) is 9.29. The van der Waals surface area contributed by atoms with Gasteiger partial charge in [0.2, 0.25) is 0 Å². The maximum absolute atomic E-state index is 12.7. The van der Waals surface area contributed by atoms with Crippen molar-refractivity contribution in [2.75, 3.05) is 0 Å². The van der Waals surface area contributed by atoms with E-state index >= 15 is 0 Å². The number of aryl methyl sites for hydroxylation is 2. The number of hydrogen-bond donors (Lipinski definition) is 1. The molecule has 0 saturated heterocycles. The summed E-state index contributed by atoms with van der Waals surface area (Å²) in [6, 6.07) is 9.70. The van der Waals surface area contributed by atoms with Gasteiger partial charge in [0.25, 0.3) is 5.91 Å². The zero-order valence-electron chi connectivity index (χ0n) is 16.2. The molecule has 0 saturated carbocycles. The van der Waals surface area contributed by atoms with Gasteiger partial charge in [0, 0.05) is 24.0 Å². The second-order valence-electron chi connectivity index (χ2n) is 6.80. The fraction of sp³-hybridized carbons (Fsp3) is 0.238. The van der Waals surface area contributed by atoms with E-state index in [0.717, 1.165) is 49.7 Å². The van der Waals surface area contributed by atoms with Crippen molar-refractivity contribution in [2.45, 2.75) is 32.0 Å². The highest BCUT2D eigenvalue weighted by molar-refractivity contribution is 5.93. The molecule has 0 radical (unpaired) electrons. The topological polar surface area (TPSA) is 97.6 Å². The molecule has 1 aliphatic heterocycles. The van der Waals surface area contributed by atoms with Gasteiger partial charge in [-0.25, -0.2) is 4.39 Å². The molecular weight excluding hydrogens is 414 g/mol. The minimum absolute atomic E-state index is 0.213. The van der Waals surface area contributed by atoms with Crippen molar-refractivity contribution in [1.82, 2.24) is 14.8 Å². The van der Waals surface area contributed by atoms with E-state index in [2.05, 4.69) is 10.1 Å². The van der Waals surface area contributed by atoms with E-state index in [1.807, 2.05) is 10.7 Å². The van der Waals surface area contributed by atoms with E-state index in [-0.39, 0.29) is 11.1 Å². The molecule has 6 nitrogen and oxygen atoms in total. The highest BCUT2D eigenvalue weighted by Crippen LogP contribution is 2.30. The number of primary amides is 1. The van der Waals surface area contributed by atoms with Gasteiger partial charge in [-0.05, 0) is 55.7 Å². The number of halogens is 4. The van der Waals surface area contributed by atoms with Gasteiger partial charge in [-0.3, -0.25) is 14.5 Å². The van der Waals surface area contributed by atoms with Gasteiger partial charge in [0.15, 0.2) is 0 Å². The predicted molar refractivity (Wildman–Crippen MR) is 103 cm³/mol. The van der Waals surface area contributed by atoms with Crippen molar-refractivity contribution in [1.29, 1.82) is 5.26 Å². The van der Waals surface area contributed by atoms with Crippen LogP contribution in [0.5, 0.6) is 0 Å². The van der Waals surface area contributed by atoms with Crippen LogP contribution in [0.15, 0.2) is 42.6 Å². The lowest BCUT2D eigenvalue weighted by Gasteiger charge is -2.11. The van der Waals surface area contributed by atoms with Gasteiger partial charge in [-0.1, -0.05) is 0 Å². The van der Waals surface area contributed by atoms with E-state index in [9.17, 15) is 22.4 Å². The number of benzene rings is 1. The van der Waals surface area contributed by atoms with Crippen LogP contribution in [0, 0.1) is 17.1 Å². The minimum Gasteiger partial charge on any atom is -0.366 e. The third-order valence-corrected chi connectivity index (χ3v) is 4.62. The van der Waals surface area contributed by atoms with Crippen LogP contribution >= 0.6 is 0 Å². The fourth-order valence-corrected chi connectivity index (χ4v) is 3.09. The molecule has 2 N–H and O–H groups in total. The number of alkyl halides is 3. The summed E-state index contributed by atoms with van der Waals surface area (Å²) in [4.78, 5) is 13.9. The number of hydrogen-bond acceptors (Lipinski definition) is 4. The lowest BCUT2D eigenvalue weighted by atomic mass is 10.1. The molecule has 4 rings (SSSR count). The summed E-state index contributed by atoms with van der Waals surface area (Å²) in [5.74, 6) is -1.58. The fourth-order valence-electron chi connectivity index (χ4n) is 3.09. The number of nitrogens with two attached hydrogens (primary N) is 1. The van der Waals surface area contributed by atoms with Crippen LogP contribution in [0.2, 0.25) is 0 Å². The molecule has 1 aliphatic rings. The molecule has 0 unspecified atom stereocenters. The lowest BCUT2D eigenvalue weighted by Crippen LogP contribution is -2.13. The summed E-state index contributed by atoms with van der Waals surface area (Å²) in [5, 5.41) is 12.8. The van der Waals surface area contributed by atoms with Gasteiger partial charge in [-0.15, -0.1) is 0 Å².